The van der Waals surface area contributed by atoms with Crippen molar-refractivity contribution in [3.05, 3.63) is 0 Å². The molecule has 46 valence electrons. The van der Waals surface area contributed by atoms with Gasteiger partial charge < -0.3 is 5.11 Å². The highest BCUT2D eigenvalue weighted by Crippen LogP contribution is 1.92. The molecule has 0 aromatic rings. The lowest BCUT2D eigenvalue weighted by Crippen LogP contribution is -2.18. The highest BCUT2D eigenvalue weighted by molar-refractivity contribution is 6.33. The zero-order chi connectivity index (χ0) is 6.73. The van der Waals surface area contributed by atoms with Gasteiger partial charge in [-0.1, -0.05) is 13.8 Å². The van der Waals surface area contributed by atoms with Gasteiger partial charge in [-0.2, -0.15) is 0 Å². The molecular formula is C5H8O3. The minimum Gasteiger partial charge on any atom is -0.475 e. The van der Waals surface area contributed by atoms with E-state index in [0.29, 0.717) is 0 Å². The molecule has 0 fully saturated rings. The molecule has 0 aromatic heterocycles. The van der Waals surface area contributed by atoms with E-state index in [-0.39, 0.29) is 0 Å². The molecule has 0 heterocycles. The third-order valence-electron chi connectivity index (χ3n) is 0.735. The van der Waals surface area contributed by atoms with Crippen molar-refractivity contribution >= 4 is 11.8 Å². The number of aliphatic carboxylic acids is 1. The van der Waals surface area contributed by atoms with Crippen LogP contribution < -0.4 is 0 Å². The maximum absolute atomic E-state index is 10.2. The summed E-state index contributed by atoms with van der Waals surface area (Å²) >= 11 is 0. The molecule has 0 radical (unpaired) electrons. The predicted octanol–water partition coefficient (Wildman–Crippen LogP) is 0.296. The Balaban J connectivity index is 3.84. The summed E-state index contributed by atoms with van der Waals surface area (Å²) in [7, 11) is 0. The quantitative estimate of drug-likeness (QED) is 0.421. The number of ketones is 1. The zero-order valence-electron chi connectivity index (χ0n) is 4.84. The molecule has 0 aliphatic heterocycles. The van der Waals surface area contributed by atoms with Crippen LogP contribution in [0.2, 0.25) is 0 Å². The molecule has 3 heteroatoms. The van der Waals surface area contributed by atoms with Crippen molar-refractivity contribution < 1.29 is 14.7 Å². The van der Waals surface area contributed by atoms with Gasteiger partial charge in [0.2, 0.25) is 5.78 Å². The normalized spacial score (nSPS) is 12.8. The fourth-order valence-corrected chi connectivity index (χ4v) is 0.247. The van der Waals surface area contributed by atoms with Crippen LogP contribution in [0.15, 0.2) is 0 Å². The van der Waals surface area contributed by atoms with E-state index in [1.807, 2.05) is 0 Å². The van der Waals surface area contributed by atoms with E-state index in [1.165, 1.54) is 0 Å². The number of carbonyl (C=O) groups excluding carboxylic acids is 1. The third kappa shape index (κ3) is 1.73. The summed E-state index contributed by atoms with van der Waals surface area (Å²) in [5, 5.41) is 8.00. The van der Waals surface area contributed by atoms with Crippen LogP contribution >= 0.6 is 0 Å². The van der Waals surface area contributed by atoms with Gasteiger partial charge in [-0.3, -0.25) is 4.79 Å². The van der Waals surface area contributed by atoms with Crippen LogP contribution in [0.25, 0.3) is 0 Å². The maximum Gasteiger partial charge on any atom is 0.372 e. The van der Waals surface area contributed by atoms with Crippen LogP contribution in [0.1, 0.15) is 13.8 Å². The smallest absolute Gasteiger partial charge is 0.372 e. The van der Waals surface area contributed by atoms with E-state index < -0.39 is 17.7 Å². The number of carboxylic acids is 1. The first kappa shape index (κ1) is 7.14. The minimum atomic E-state index is -1.35. The molecule has 0 bridgehead atoms. The highest BCUT2D eigenvalue weighted by Gasteiger charge is 2.14. The van der Waals surface area contributed by atoms with Gasteiger partial charge in [-0.05, 0) is 0 Å². The molecule has 0 aliphatic carbocycles. The summed E-state index contributed by atoms with van der Waals surface area (Å²) in [4.78, 5) is 20.0. The van der Waals surface area contributed by atoms with Gasteiger partial charge in [0, 0.05) is 5.92 Å². The van der Waals surface area contributed by atoms with Crippen molar-refractivity contribution in [2.75, 3.05) is 0 Å². The number of carboxylic acid groups (broad SMARTS) is 1. The van der Waals surface area contributed by atoms with Crippen molar-refractivity contribution in [2.24, 2.45) is 5.92 Å². The van der Waals surface area contributed by atoms with Crippen LogP contribution in [0, 0.1) is 5.92 Å². The fourth-order valence-electron chi connectivity index (χ4n) is 0.247. The van der Waals surface area contributed by atoms with E-state index in [1.54, 1.807) is 13.8 Å². The molecular weight excluding hydrogens is 112 g/mol. The molecule has 0 amide bonds. The second kappa shape index (κ2) is 2.45. The largest absolute Gasteiger partial charge is 0.475 e. The first-order chi connectivity index (χ1) is 3.55. The Labute approximate surface area is 47.3 Å². The Bertz CT molecular complexity index is 115. The Kier molecular flexibility index (Phi) is 2.19. The SMILES string of the molecule is C[13CH]([13CH3])[13C](=O)[13C](=O)O. The Morgan fingerprint density at radius 2 is 1.75 bits per heavy atom. The van der Waals surface area contributed by atoms with E-state index in [2.05, 4.69) is 0 Å². The first-order valence-corrected chi connectivity index (χ1v) is 2.33. The molecule has 0 aromatic carbocycles. The maximum atomic E-state index is 10.2. The molecule has 0 aliphatic rings. The second-order valence-electron chi connectivity index (χ2n) is 1.82. The van der Waals surface area contributed by atoms with Crippen molar-refractivity contribution in [3.8, 4) is 0 Å². The minimum absolute atomic E-state index is 0.396. The number of hydrogen-bond donors (Lipinski definition) is 1. The number of carbonyl (C=O) groups is 2. The van der Waals surface area contributed by atoms with Gasteiger partial charge in [0.15, 0.2) is 0 Å². The second-order valence-corrected chi connectivity index (χ2v) is 1.82. The van der Waals surface area contributed by atoms with E-state index in [0.717, 1.165) is 0 Å². The van der Waals surface area contributed by atoms with Crippen LogP contribution in [0.5, 0.6) is 0 Å². The number of Topliss-reactive ketones (excluding diaryl/α,β-unsaturated/α-hetero) is 1. The average Bonchev–Trinajstić information content (AvgIpc) is 1.64. The molecule has 0 saturated carbocycles. The van der Waals surface area contributed by atoms with E-state index in [9.17, 15) is 9.59 Å². The summed E-state index contributed by atoms with van der Waals surface area (Å²) in [6.07, 6.45) is 0. The van der Waals surface area contributed by atoms with Crippen LogP contribution in [0.3, 0.4) is 0 Å². The van der Waals surface area contributed by atoms with Gasteiger partial charge in [-0.25, -0.2) is 4.79 Å². The monoisotopic (exact) mass is 120 g/mol. The van der Waals surface area contributed by atoms with Crippen molar-refractivity contribution in [1.29, 1.82) is 0 Å². The van der Waals surface area contributed by atoms with E-state index >= 15 is 0 Å². The lowest BCUT2D eigenvalue weighted by molar-refractivity contribution is -0.150. The van der Waals surface area contributed by atoms with Crippen LogP contribution in [-0.2, 0) is 9.59 Å². The lowest BCUT2D eigenvalue weighted by Gasteiger charge is -1.93. The molecule has 1 N–H and O–H groups in total. The summed E-state index contributed by atoms with van der Waals surface area (Å²) in [5.41, 5.74) is 0. The highest BCUT2D eigenvalue weighted by atomic mass is 16.5. The average molecular weight is 120 g/mol. The van der Waals surface area contributed by atoms with Gasteiger partial charge in [0.25, 0.3) is 0 Å². The van der Waals surface area contributed by atoms with E-state index in [4.69, 9.17) is 5.11 Å². The summed E-state index contributed by atoms with van der Waals surface area (Å²) < 4.78 is 0. The molecule has 0 rings (SSSR count). The molecule has 1 unspecified atom stereocenters. The van der Waals surface area contributed by atoms with Gasteiger partial charge in [-0.15, -0.1) is 0 Å². The van der Waals surface area contributed by atoms with Gasteiger partial charge in [0.05, 0.1) is 0 Å². The third-order valence-corrected chi connectivity index (χ3v) is 0.735. The summed E-state index contributed by atoms with van der Waals surface area (Å²) in [6, 6.07) is 0. The van der Waals surface area contributed by atoms with Gasteiger partial charge in [0.1, 0.15) is 0 Å². The van der Waals surface area contributed by atoms with Crippen LogP contribution in [-0.4, -0.2) is 16.9 Å². The predicted molar refractivity (Wildman–Crippen MR) is 27.5 cm³/mol. The van der Waals surface area contributed by atoms with Crippen molar-refractivity contribution in [2.45, 2.75) is 13.8 Å². The van der Waals surface area contributed by atoms with Crippen molar-refractivity contribution in [3.63, 3.8) is 0 Å². The molecule has 3 nitrogen and oxygen atoms in total. The standard InChI is InChI=1S/C5H8O3/c1-3(2)4(6)5(7)8/h3H,1-2H3,(H,7,8)/i1+1,3+1,4+1,5+1. The zero-order valence-corrected chi connectivity index (χ0v) is 4.84. The van der Waals surface area contributed by atoms with Crippen LogP contribution in [0.4, 0.5) is 0 Å². The topological polar surface area (TPSA) is 54.4 Å². The lowest BCUT2D eigenvalue weighted by atomic mass is 10.9. The Morgan fingerprint density at radius 3 is 1.75 bits per heavy atom. The number of hydrogen-bond acceptors (Lipinski definition) is 2. The van der Waals surface area contributed by atoms with Crippen molar-refractivity contribution in [1.82, 2.24) is 0 Å². The Hall–Kier alpha value is -0.860. The van der Waals surface area contributed by atoms with Gasteiger partial charge >= 0.3 is 5.97 Å². The fraction of sp³-hybridized carbons (Fsp3) is 0.600. The molecule has 0 saturated heterocycles. The molecule has 8 heavy (non-hydrogen) atoms. The first-order valence-electron chi connectivity index (χ1n) is 2.33. The summed E-state index contributed by atoms with van der Waals surface area (Å²) in [6.45, 7) is 3.10. The molecule has 1 atom stereocenters. The summed E-state index contributed by atoms with van der Waals surface area (Å²) in [5.74, 6) is -2.47. The molecule has 0 spiro atoms. The Morgan fingerprint density at radius 1 is 1.38 bits per heavy atom. The number of rotatable bonds is 2.